The van der Waals surface area contributed by atoms with Crippen molar-refractivity contribution >= 4 is 23.9 Å². The molecule has 2 aliphatic heterocycles. The van der Waals surface area contributed by atoms with Crippen LogP contribution in [-0.4, -0.2) is 81.7 Å². The molecule has 3 heterocycles. The fraction of sp³-hybridized carbons (Fsp3) is 0.640. The lowest BCUT2D eigenvalue weighted by Gasteiger charge is -2.51. The Labute approximate surface area is 216 Å². The van der Waals surface area contributed by atoms with Crippen LogP contribution in [0.2, 0.25) is 0 Å². The summed E-state index contributed by atoms with van der Waals surface area (Å²) in [6.07, 6.45) is 7.21. The molecule has 1 saturated carbocycles. The molecule has 1 aromatic heterocycles. The van der Waals surface area contributed by atoms with Crippen LogP contribution in [0.25, 0.3) is 0 Å². The molecule has 4 rings (SSSR count). The Hall–Kier alpha value is -3.41. The molecule has 1 unspecified atom stereocenters. The van der Waals surface area contributed by atoms with Gasteiger partial charge in [-0.3, -0.25) is 24.4 Å². The standard InChI is InChI=1S/C25H37N7O5/c1-17-22(33)30(14-18-9-12-28-13-10-18)15-21-31(17)23(34)20(8-5-11-29-24(26)27)37-32(21)25(35)36-16-19-6-3-2-4-7-19/h9-10,12-13,17,19-21H,2-8,11,14-16H2,1H3,(H4,26,27,29)/t17-,20+,21?/m0/s1. The lowest BCUT2D eigenvalue weighted by molar-refractivity contribution is -0.267. The van der Waals surface area contributed by atoms with E-state index >= 15 is 0 Å². The summed E-state index contributed by atoms with van der Waals surface area (Å²) in [6, 6.07) is 2.89. The number of rotatable bonds is 8. The molecule has 0 aromatic carbocycles. The van der Waals surface area contributed by atoms with Crippen LogP contribution in [0.1, 0.15) is 57.4 Å². The zero-order valence-corrected chi connectivity index (χ0v) is 21.3. The number of hydrogen-bond acceptors (Lipinski definition) is 7. The van der Waals surface area contributed by atoms with Crippen LogP contribution in [0.4, 0.5) is 4.79 Å². The number of guanidine groups is 1. The Kier molecular flexibility index (Phi) is 8.80. The number of hydroxylamine groups is 2. The molecule has 1 aliphatic carbocycles. The first-order chi connectivity index (χ1) is 17.8. The second-order valence-electron chi connectivity index (χ2n) is 9.93. The van der Waals surface area contributed by atoms with Gasteiger partial charge >= 0.3 is 6.09 Å². The van der Waals surface area contributed by atoms with E-state index in [1.807, 2.05) is 12.1 Å². The van der Waals surface area contributed by atoms with Crippen LogP contribution in [0, 0.1) is 5.92 Å². The van der Waals surface area contributed by atoms with Crippen molar-refractivity contribution in [3.63, 3.8) is 0 Å². The molecule has 2 saturated heterocycles. The summed E-state index contributed by atoms with van der Waals surface area (Å²) in [6.45, 7) is 2.75. The largest absolute Gasteiger partial charge is 0.448 e. The van der Waals surface area contributed by atoms with E-state index in [0.29, 0.717) is 32.0 Å². The highest BCUT2D eigenvalue weighted by Gasteiger charge is 2.52. The van der Waals surface area contributed by atoms with Crippen molar-refractivity contribution in [2.45, 2.75) is 76.7 Å². The van der Waals surface area contributed by atoms with Crippen molar-refractivity contribution in [1.82, 2.24) is 19.8 Å². The number of aromatic nitrogens is 1. The van der Waals surface area contributed by atoms with Crippen molar-refractivity contribution in [2.24, 2.45) is 22.4 Å². The average molecular weight is 516 g/mol. The molecular formula is C25H37N7O5. The van der Waals surface area contributed by atoms with Crippen LogP contribution in [0.15, 0.2) is 29.5 Å². The Bertz CT molecular complexity index is 981. The highest BCUT2D eigenvalue weighted by molar-refractivity contribution is 5.91. The quantitative estimate of drug-likeness (QED) is 0.298. The minimum Gasteiger partial charge on any atom is -0.448 e. The van der Waals surface area contributed by atoms with E-state index < -0.39 is 24.4 Å². The zero-order valence-electron chi connectivity index (χ0n) is 21.3. The molecule has 0 spiro atoms. The minimum atomic E-state index is -0.949. The molecule has 3 aliphatic rings. The van der Waals surface area contributed by atoms with Gasteiger partial charge in [0.25, 0.3) is 5.91 Å². The summed E-state index contributed by atoms with van der Waals surface area (Å²) in [5.74, 6) is -0.243. The average Bonchev–Trinajstić information content (AvgIpc) is 2.90. The lowest BCUT2D eigenvalue weighted by Crippen LogP contribution is -2.72. The van der Waals surface area contributed by atoms with Gasteiger partial charge in [0, 0.05) is 25.5 Å². The maximum absolute atomic E-state index is 13.4. The van der Waals surface area contributed by atoms with E-state index in [1.54, 1.807) is 24.2 Å². The van der Waals surface area contributed by atoms with Gasteiger partial charge in [0.1, 0.15) is 6.04 Å². The van der Waals surface area contributed by atoms with E-state index in [1.165, 1.54) is 11.3 Å². The molecule has 4 N–H and O–H groups in total. The molecule has 12 heteroatoms. The van der Waals surface area contributed by atoms with E-state index in [2.05, 4.69) is 9.98 Å². The molecule has 0 radical (unpaired) electrons. The summed E-state index contributed by atoms with van der Waals surface area (Å²) < 4.78 is 5.68. The maximum atomic E-state index is 13.4. The first-order valence-electron chi connectivity index (χ1n) is 13.0. The number of piperazine rings is 1. The first kappa shape index (κ1) is 26.6. The van der Waals surface area contributed by atoms with Gasteiger partial charge in [-0.05, 0) is 56.2 Å². The van der Waals surface area contributed by atoms with Gasteiger partial charge in [-0.1, -0.05) is 19.3 Å². The number of amides is 3. The monoisotopic (exact) mass is 515 g/mol. The molecule has 3 fully saturated rings. The van der Waals surface area contributed by atoms with Crippen molar-refractivity contribution in [3.8, 4) is 0 Å². The van der Waals surface area contributed by atoms with Crippen LogP contribution >= 0.6 is 0 Å². The molecular weight excluding hydrogens is 478 g/mol. The van der Waals surface area contributed by atoms with Gasteiger partial charge < -0.3 is 26.0 Å². The predicted octanol–water partition coefficient (Wildman–Crippen LogP) is 1.35. The number of nitrogens with two attached hydrogens (primary N) is 2. The molecule has 37 heavy (non-hydrogen) atoms. The summed E-state index contributed by atoms with van der Waals surface area (Å²) >= 11 is 0. The summed E-state index contributed by atoms with van der Waals surface area (Å²) in [7, 11) is 0. The van der Waals surface area contributed by atoms with Gasteiger partial charge in [-0.15, -0.1) is 0 Å². The van der Waals surface area contributed by atoms with Gasteiger partial charge in [0.2, 0.25) is 5.91 Å². The van der Waals surface area contributed by atoms with Gasteiger partial charge in [0.15, 0.2) is 18.2 Å². The number of carbonyl (C=O) groups excluding carboxylic acids is 3. The number of ether oxygens (including phenoxy) is 1. The van der Waals surface area contributed by atoms with Crippen LogP contribution in [0.5, 0.6) is 0 Å². The SMILES string of the molecule is C[C@H]1C(=O)N(Cc2ccncc2)CC2N(C(=O)OCC3CCCCC3)O[C@H](CCCN=C(N)N)C(=O)N21. The topological polar surface area (TPSA) is 157 Å². The van der Waals surface area contributed by atoms with E-state index in [4.69, 9.17) is 21.0 Å². The van der Waals surface area contributed by atoms with Crippen molar-refractivity contribution in [2.75, 3.05) is 19.7 Å². The summed E-state index contributed by atoms with van der Waals surface area (Å²) in [5.41, 5.74) is 11.7. The van der Waals surface area contributed by atoms with E-state index in [0.717, 1.165) is 36.3 Å². The number of carbonyl (C=O) groups is 3. The normalized spacial score (nSPS) is 24.6. The van der Waals surface area contributed by atoms with Gasteiger partial charge in [-0.25, -0.2) is 4.79 Å². The summed E-state index contributed by atoms with van der Waals surface area (Å²) in [5, 5.41) is 1.15. The van der Waals surface area contributed by atoms with Crippen molar-refractivity contribution in [3.05, 3.63) is 30.1 Å². The van der Waals surface area contributed by atoms with Crippen molar-refractivity contribution in [1.29, 1.82) is 0 Å². The number of nitrogens with zero attached hydrogens (tertiary/aromatic N) is 5. The zero-order chi connectivity index (χ0) is 26.4. The Balaban J connectivity index is 1.51. The Morgan fingerprint density at radius 3 is 2.59 bits per heavy atom. The molecule has 3 atom stereocenters. The maximum Gasteiger partial charge on any atom is 0.436 e. The fourth-order valence-electron chi connectivity index (χ4n) is 5.24. The van der Waals surface area contributed by atoms with Crippen LogP contribution in [-0.2, 0) is 25.7 Å². The fourth-order valence-corrected chi connectivity index (χ4v) is 5.24. The second-order valence-corrected chi connectivity index (χ2v) is 9.93. The third kappa shape index (κ3) is 6.48. The minimum absolute atomic E-state index is 0.0339. The first-order valence-corrected chi connectivity index (χ1v) is 13.0. The molecule has 3 amide bonds. The predicted molar refractivity (Wildman–Crippen MR) is 134 cm³/mol. The van der Waals surface area contributed by atoms with E-state index in [9.17, 15) is 14.4 Å². The van der Waals surface area contributed by atoms with Crippen LogP contribution < -0.4 is 11.5 Å². The Morgan fingerprint density at radius 2 is 1.89 bits per heavy atom. The van der Waals surface area contributed by atoms with Gasteiger partial charge in [0.05, 0.1) is 13.2 Å². The second kappa shape index (κ2) is 12.2. The highest BCUT2D eigenvalue weighted by Crippen LogP contribution is 2.30. The smallest absolute Gasteiger partial charge is 0.436 e. The summed E-state index contributed by atoms with van der Waals surface area (Å²) in [4.78, 5) is 57.0. The highest BCUT2D eigenvalue weighted by atomic mass is 16.7. The van der Waals surface area contributed by atoms with E-state index in [-0.39, 0.29) is 30.7 Å². The van der Waals surface area contributed by atoms with Crippen LogP contribution in [0.3, 0.4) is 0 Å². The third-order valence-corrected chi connectivity index (χ3v) is 7.22. The number of hydrogen-bond donors (Lipinski definition) is 2. The Morgan fingerprint density at radius 1 is 1.16 bits per heavy atom. The number of pyridine rings is 1. The third-order valence-electron chi connectivity index (χ3n) is 7.22. The number of fused-ring (bicyclic) bond motifs is 1. The van der Waals surface area contributed by atoms with Crippen molar-refractivity contribution < 1.29 is 24.0 Å². The number of aliphatic imine (C=N–C) groups is 1. The molecule has 202 valence electrons. The molecule has 0 bridgehead atoms. The lowest BCUT2D eigenvalue weighted by atomic mass is 9.90. The van der Waals surface area contributed by atoms with Gasteiger partial charge in [-0.2, -0.15) is 5.06 Å². The molecule has 12 nitrogen and oxygen atoms in total. The molecule has 1 aromatic rings.